The smallest absolute Gasteiger partial charge is 0.320 e. The second kappa shape index (κ2) is 9.04. The molecule has 33 heavy (non-hydrogen) atoms. The van der Waals surface area contributed by atoms with E-state index in [1.54, 1.807) is 18.1 Å². The summed E-state index contributed by atoms with van der Waals surface area (Å²) < 4.78 is 0. The molecule has 4 rings (SSSR count). The number of amides is 3. The zero-order valence-corrected chi connectivity index (χ0v) is 18.6. The number of nitrogens with two attached hydrogens (primary N) is 1. The fraction of sp³-hybridized carbons (Fsp3) is 0.160. The van der Waals surface area contributed by atoms with Crippen molar-refractivity contribution in [2.45, 2.75) is 13.5 Å². The molecule has 2 heterocycles. The van der Waals surface area contributed by atoms with Crippen LogP contribution in [0.4, 0.5) is 16.2 Å². The monoisotopic (exact) mass is 442 g/mol. The highest BCUT2D eigenvalue weighted by atomic mass is 16.2. The lowest BCUT2D eigenvalue weighted by Gasteiger charge is -2.18. The molecule has 8 nitrogen and oxygen atoms in total. The molecule has 3 amide bonds. The van der Waals surface area contributed by atoms with Crippen LogP contribution in [0.5, 0.6) is 0 Å². The van der Waals surface area contributed by atoms with Gasteiger partial charge in [0.15, 0.2) is 0 Å². The lowest BCUT2D eigenvalue weighted by atomic mass is 9.96. The minimum atomic E-state index is -0.364. The van der Waals surface area contributed by atoms with Gasteiger partial charge in [0.05, 0.1) is 17.1 Å². The van der Waals surface area contributed by atoms with Gasteiger partial charge in [-0.25, -0.2) is 4.79 Å². The summed E-state index contributed by atoms with van der Waals surface area (Å²) in [5.74, 6) is 0.291. The molecule has 5 N–H and O–H groups in total. The van der Waals surface area contributed by atoms with E-state index >= 15 is 0 Å². The van der Waals surface area contributed by atoms with Crippen molar-refractivity contribution in [3.8, 4) is 22.4 Å². The molecule has 0 saturated heterocycles. The zero-order chi connectivity index (χ0) is 23.5. The maximum Gasteiger partial charge on any atom is 0.320 e. The molecule has 1 aromatic heterocycles. The van der Waals surface area contributed by atoms with E-state index < -0.39 is 0 Å². The van der Waals surface area contributed by atoms with Crippen LogP contribution in [-0.2, 0) is 6.54 Å². The minimum Gasteiger partial charge on any atom is -0.397 e. The number of nitrogen functional groups attached to an aromatic ring is 1. The first-order valence-electron chi connectivity index (χ1n) is 10.6. The van der Waals surface area contributed by atoms with E-state index in [2.05, 4.69) is 27.5 Å². The number of aromatic nitrogens is 1. The van der Waals surface area contributed by atoms with E-state index in [1.165, 1.54) is 0 Å². The average molecular weight is 443 g/mol. The fourth-order valence-electron chi connectivity index (χ4n) is 3.84. The third kappa shape index (κ3) is 4.50. The number of carbonyl (C=O) groups excluding carboxylic acids is 2. The Balaban J connectivity index is 1.75. The van der Waals surface area contributed by atoms with Gasteiger partial charge in [0.2, 0.25) is 0 Å². The van der Waals surface area contributed by atoms with Crippen LogP contribution in [-0.4, -0.2) is 35.4 Å². The summed E-state index contributed by atoms with van der Waals surface area (Å²) in [7, 11) is 1.79. The first kappa shape index (κ1) is 21.9. The lowest BCUT2D eigenvalue weighted by molar-refractivity contribution is 0.0816. The molecular weight excluding hydrogens is 416 g/mol. The molecule has 168 valence electrons. The average Bonchev–Trinajstić information content (AvgIpc) is 3.08. The van der Waals surface area contributed by atoms with Crippen LogP contribution in [0.1, 0.15) is 22.8 Å². The van der Waals surface area contributed by atoms with Gasteiger partial charge >= 0.3 is 6.03 Å². The molecule has 3 aromatic rings. The van der Waals surface area contributed by atoms with Crippen molar-refractivity contribution < 1.29 is 9.59 Å². The van der Waals surface area contributed by atoms with Crippen LogP contribution in [0.2, 0.25) is 0 Å². The number of hydrogen-bond acceptors (Lipinski definition) is 5. The molecule has 0 unspecified atom stereocenters. The summed E-state index contributed by atoms with van der Waals surface area (Å²) in [4.78, 5) is 30.5. The van der Waals surface area contributed by atoms with Gasteiger partial charge in [0, 0.05) is 37.5 Å². The van der Waals surface area contributed by atoms with Gasteiger partial charge < -0.3 is 21.3 Å². The quantitative estimate of drug-likeness (QED) is 0.434. The molecule has 1 aliphatic heterocycles. The third-order valence-electron chi connectivity index (χ3n) is 5.42. The number of pyridine rings is 1. The Morgan fingerprint density at radius 3 is 2.67 bits per heavy atom. The van der Waals surface area contributed by atoms with Crippen molar-refractivity contribution in [2.75, 3.05) is 24.6 Å². The largest absolute Gasteiger partial charge is 0.397 e. The van der Waals surface area contributed by atoms with Crippen LogP contribution >= 0.6 is 0 Å². The molecular formula is C25H26N6O2. The number of rotatable bonds is 6. The summed E-state index contributed by atoms with van der Waals surface area (Å²) in [6.07, 6.45) is 1.70. The number of nitrogens with one attached hydrogen (secondary N) is 3. The first-order valence-corrected chi connectivity index (χ1v) is 10.6. The van der Waals surface area contributed by atoms with Crippen molar-refractivity contribution in [2.24, 2.45) is 0 Å². The summed E-state index contributed by atoms with van der Waals surface area (Å²) >= 11 is 0. The van der Waals surface area contributed by atoms with Crippen molar-refractivity contribution in [1.29, 1.82) is 0 Å². The van der Waals surface area contributed by atoms with Crippen LogP contribution in [0.3, 0.4) is 0 Å². The van der Waals surface area contributed by atoms with Crippen LogP contribution < -0.4 is 21.7 Å². The van der Waals surface area contributed by atoms with E-state index in [0.29, 0.717) is 35.7 Å². The van der Waals surface area contributed by atoms with Gasteiger partial charge in [-0.05, 0) is 53.9 Å². The van der Waals surface area contributed by atoms with Gasteiger partial charge in [-0.1, -0.05) is 24.8 Å². The molecule has 0 atom stereocenters. The van der Waals surface area contributed by atoms with Crippen molar-refractivity contribution in [1.82, 2.24) is 20.5 Å². The van der Waals surface area contributed by atoms with Gasteiger partial charge in [-0.2, -0.15) is 0 Å². The maximum atomic E-state index is 12.5. The van der Waals surface area contributed by atoms with Crippen LogP contribution in [0, 0.1) is 0 Å². The molecule has 1 aliphatic rings. The summed E-state index contributed by atoms with van der Waals surface area (Å²) in [6.45, 7) is 6.82. The molecule has 0 saturated carbocycles. The topological polar surface area (TPSA) is 112 Å². The Hall–Kier alpha value is -4.33. The molecule has 0 radical (unpaired) electrons. The summed E-state index contributed by atoms with van der Waals surface area (Å²) in [5, 5.41) is 8.41. The zero-order valence-electron chi connectivity index (χ0n) is 18.6. The highest BCUT2D eigenvalue weighted by Gasteiger charge is 2.25. The van der Waals surface area contributed by atoms with Crippen LogP contribution in [0.15, 0.2) is 67.1 Å². The number of hydrogen-bond donors (Lipinski definition) is 4. The van der Waals surface area contributed by atoms with Gasteiger partial charge in [0.1, 0.15) is 5.82 Å². The highest BCUT2D eigenvalue weighted by Crippen LogP contribution is 2.38. The number of benzene rings is 2. The van der Waals surface area contributed by atoms with E-state index in [0.717, 1.165) is 22.3 Å². The molecule has 8 heteroatoms. The number of fused-ring (bicyclic) bond motifs is 1. The Kier molecular flexibility index (Phi) is 5.99. The Morgan fingerprint density at radius 1 is 1.15 bits per heavy atom. The number of carbonyl (C=O) groups is 2. The molecule has 0 bridgehead atoms. The van der Waals surface area contributed by atoms with E-state index in [9.17, 15) is 9.59 Å². The Morgan fingerprint density at radius 2 is 1.94 bits per heavy atom. The maximum absolute atomic E-state index is 12.5. The molecule has 0 fully saturated rings. The molecule has 2 aromatic carbocycles. The van der Waals surface area contributed by atoms with E-state index in [-0.39, 0.29) is 17.8 Å². The van der Waals surface area contributed by atoms with Gasteiger partial charge in [-0.15, -0.1) is 0 Å². The van der Waals surface area contributed by atoms with Crippen molar-refractivity contribution >= 4 is 23.3 Å². The Bertz CT molecular complexity index is 1240. The molecule has 0 spiro atoms. The predicted octanol–water partition coefficient (Wildman–Crippen LogP) is 3.79. The SMILES string of the molecule is C=C(NC(=O)NCC)Nc1c(N)cc(-c2ccc3c(c2)C(=O)N(C)C3)cc1-c1ccccn1. The first-order chi connectivity index (χ1) is 15.9. The summed E-state index contributed by atoms with van der Waals surface area (Å²) in [6, 6.07) is 14.9. The standard InChI is InChI=1S/C25H26N6O2/c1-4-27-25(33)30-15(2)29-23-20(22-7-5-6-10-28-22)12-18(13-21(23)26)16-8-9-17-14-31(3)24(32)19(17)11-16/h5-13,29H,2,4,14,26H2,1,3H3,(H2,27,30,33). The van der Waals surface area contributed by atoms with Gasteiger partial charge in [0.25, 0.3) is 5.91 Å². The second-order valence-electron chi connectivity index (χ2n) is 7.82. The number of nitrogens with zero attached hydrogens (tertiary/aromatic N) is 2. The number of anilines is 2. The predicted molar refractivity (Wildman–Crippen MR) is 130 cm³/mol. The molecule has 0 aliphatic carbocycles. The fourth-order valence-corrected chi connectivity index (χ4v) is 3.84. The second-order valence-corrected chi connectivity index (χ2v) is 7.82. The van der Waals surface area contributed by atoms with E-state index in [4.69, 9.17) is 5.73 Å². The van der Waals surface area contributed by atoms with Crippen molar-refractivity contribution in [3.63, 3.8) is 0 Å². The third-order valence-corrected chi connectivity index (χ3v) is 5.42. The number of urea groups is 1. The van der Waals surface area contributed by atoms with Crippen molar-refractivity contribution in [3.05, 3.63) is 78.3 Å². The lowest BCUT2D eigenvalue weighted by Crippen LogP contribution is -2.36. The Labute approximate surface area is 192 Å². The minimum absolute atomic E-state index is 0.00999. The van der Waals surface area contributed by atoms with E-state index in [1.807, 2.05) is 55.5 Å². The highest BCUT2D eigenvalue weighted by molar-refractivity contribution is 6.00. The summed E-state index contributed by atoms with van der Waals surface area (Å²) in [5.41, 5.74) is 12.4. The normalized spacial score (nSPS) is 12.3. The van der Waals surface area contributed by atoms with Crippen LogP contribution in [0.25, 0.3) is 22.4 Å². The van der Waals surface area contributed by atoms with Gasteiger partial charge in [-0.3, -0.25) is 15.1 Å².